The number of hydrogen-bond acceptors (Lipinski definition) is 2. The standard InChI is InChI=1S/C38H28N2/c1-25-13-9-11-19-29(25)33-23-35(27-15-5-3-6-16-27)39-37-31(33)21-22-32-34(30-20-12-10-14-26(30)2)24-36(40-38(32)37)28-17-7-4-8-18-28/h3-24H,1-2H3. The molecule has 0 aliphatic carbocycles. The second-order valence-corrected chi connectivity index (χ2v) is 10.3. The van der Waals surface area contributed by atoms with Crippen molar-refractivity contribution in [2.24, 2.45) is 0 Å². The highest BCUT2D eigenvalue weighted by Gasteiger charge is 2.18. The smallest absolute Gasteiger partial charge is 0.0978 e. The Morgan fingerprint density at radius 2 is 0.750 bits per heavy atom. The summed E-state index contributed by atoms with van der Waals surface area (Å²) in [7, 11) is 0. The fourth-order valence-corrected chi connectivity index (χ4v) is 5.68. The minimum atomic E-state index is 0.921. The summed E-state index contributed by atoms with van der Waals surface area (Å²) in [5.74, 6) is 0. The van der Waals surface area contributed by atoms with E-state index < -0.39 is 0 Å². The Hall–Kier alpha value is -5.08. The van der Waals surface area contributed by atoms with Crippen molar-refractivity contribution in [1.29, 1.82) is 0 Å². The molecular formula is C38H28N2. The Morgan fingerprint density at radius 1 is 0.375 bits per heavy atom. The predicted octanol–water partition coefficient (Wildman–Crippen LogP) is 10.1. The van der Waals surface area contributed by atoms with Gasteiger partial charge in [0.25, 0.3) is 0 Å². The van der Waals surface area contributed by atoms with Crippen molar-refractivity contribution in [1.82, 2.24) is 9.97 Å². The summed E-state index contributed by atoms with van der Waals surface area (Å²) >= 11 is 0. The molecule has 40 heavy (non-hydrogen) atoms. The third-order valence-electron chi connectivity index (χ3n) is 7.77. The first-order chi connectivity index (χ1) is 19.7. The molecule has 0 saturated carbocycles. The number of fused-ring (bicyclic) bond motifs is 3. The number of benzene rings is 5. The number of pyridine rings is 2. The van der Waals surface area contributed by atoms with Crippen LogP contribution in [0.3, 0.4) is 0 Å². The Kier molecular flexibility index (Phi) is 5.94. The monoisotopic (exact) mass is 512 g/mol. The minimum Gasteiger partial charge on any atom is -0.245 e. The normalized spacial score (nSPS) is 11.2. The molecule has 0 atom stereocenters. The van der Waals surface area contributed by atoms with E-state index in [1.54, 1.807) is 0 Å². The van der Waals surface area contributed by atoms with Gasteiger partial charge in [0.1, 0.15) is 0 Å². The zero-order valence-corrected chi connectivity index (χ0v) is 22.6. The highest BCUT2D eigenvalue weighted by atomic mass is 14.8. The lowest BCUT2D eigenvalue weighted by molar-refractivity contribution is 1.36. The first-order valence-corrected chi connectivity index (χ1v) is 13.7. The van der Waals surface area contributed by atoms with Gasteiger partial charge in [0.05, 0.1) is 22.4 Å². The van der Waals surface area contributed by atoms with Gasteiger partial charge in [-0.05, 0) is 59.4 Å². The molecule has 5 aromatic carbocycles. The van der Waals surface area contributed by atoms with Gasteiger partial charge in [-0.1, -0.05) is 121 Å². The Balaban J connectivity index is 1.64. The number of nitrogens with zero attached hydrogens (tertiary/aromatic N) is 2. The molecule has 2 nitrogen and oxygen atoms in total. The van der Waals surface area contributed by atoms with Crippen molar-refractivity contribution in [2.75, 3.05) is 0 Å². The van der Waals surface area contributed by atoms with E-state index in [9.17, 15) is 0 Å². The molecule has 0 spiro atoms. The predicted molar refractivity (Wildman–Crippen MR) is 168 cm³/mol. The minimum absolute atomic E-state index is 0.921. The molecule has 2 heterocycles. The largest absolute Gasteiger partial charge is 0.245 e. The van der Waals surface area contributed by atoms with Gasteiger partial charge in [0, 0.05) is 21.9 Å². The summed E-state index contributed by atoms with van der Waals surface area (Å²) in [5, 5.41) is 2.21. The molecule has 2 heteroatoms. The highest BCUT2D eigenvalue weighted by molar-refractivity contribution is 6.13. The summed E-state index contributed by atoms with van der Waals surface area (Å²) in [6.07, 6.45) is 0. The second kappa shape index (κ2) is 9.91. The van der Waals surface area contributed by atoms with Gasteiger partial charge in [-0.25, -0.2) is 9.97 Å². The molecule has 0 bridgehead atoms. The van der Waals surface area contributed by atoms with Gasteiger partial charge in [-0.15, -0.1) is 0 Å². The maximum atomic E-state index is 5.32. The lowest BCUT2D eigenvalue weighted by Gasteiger charge is -2.17. The molecule has 0 aliphatic heterocycles. The van der Waals surface area contributed by atoms with Crippen LogP contribution in [0.2, 0.25) is 0 Å². The fourth-order valence-electron chi connectivity index (χ4n) is 5.68. The lowest BCUT2D eigenvalue weighted by atomic mass is 9.91. The zero-order chi connectivity index (χ0) is 27.1. The topological polar surface area (TPSA) is 25.8 Å². The van der Waals surface area contributed by atoms with Crippen molar-refractivity contribution >= 4 is 21.8 Å². The molecule has 0 aliphatic rings. The number of hydrogen-bond donors (Lipinski definition) is 0. The number of aromatic nitrogens is 2. The maximum Gasteiger partial charge on any atom is 0.0978 e. The van der Waals surface area contributed by atoms with E-state index in [-0.39, 0.29) is 0 Å². The maximum absolute atomic E-state index is 5.32. The molecule has 0 radical (unpaired) electrons. The van der Waals surface area contributed by atoms with Crippen LogP contribution in [0.15, 0.2) is 133 Å². The van der Waals surface area contributed by atoms with Crippen LogP contribution in [-0.2, 0) is 0 Å². The van der Waals surface area contributed by atoms with Crippen molar-refractivity contribution in [3.05, 3.63) is 145 Å². The van der Waals surface area contributed by atoms with Gasteiger partial charge in [0.15, 0.2) is 0 Å². The van der Waals surface area contributed by atoms with Crippen LogP contribution in [0.4, 0.5) is 0 Å². The van der Waals surface area contributed by atoms with Gasteiger partial charge in [0.2, 0.25) is 0 Å². The van der Waals surface area contributed by atoms with E-state index in [0.29, 0.717) is 0 Å². The average molecular weight is 513 g/mol. The number of aryl methyl sites for hydroxylation is 2. The number of rotatable bonds is 4. The second-order valence-electron chi connectivity index (χ2n) is 10.3. The van der Waals surface area contributed by atoms with Crippen molar-refractivity contribution in [2.45, 2.75) is 13.8 Å². The first-order valence-electron chi connectivity index (χ1n) is 13.7. The van der Waals surface area contributed by atoms with E-state index in [4.69, 9.17) is 9.97 Å². The summed E-state index contributed by atoms with van der Waals surface area (Å²) in [6, 6.07) is 47.0. The summed E-state index contributed by atoms with van der Waals surface area (Å²) in [4.78, 5) is 10.6. The quantitative estimate of drug-likeness (QED) is 0.219. The van der Waals surface area contributed by atoms with E-state index >= 15 is 0 Å². The fraction of sp³-hybridized carbons (Fsp3) is 0.0526. The summed E-state index contributed by atoms with van der Waals surface area (Å²) in [5.41, 5.74) is 13.2. The summed E-state index contributed by atoms with van der Waals surface area (Å²) < 4.78 is 0. The molecule has 0 amide bonds. The Morgan fingerprint density at radius 3 is 1.15 bits per heavy atom. The molecule has 7 rings (SSSR count). The van der Waals surface area contributed by atoms with Crippen LogP contribution in [-0.4, -0.2) is 9.97 Å². The van der Waals surface area contributed by atoms with Crippen LogP contribution < -0.4 is 0 Å². The van der Waals surface area contributed by atoms with Crippen LogP contribution in [0.1, 0.15) is 11.1 Å². The van der Waals surface area contributed by atoms with E-state index in [1.807, 2.05) is 12.1 Å². The molecular weight excluding hydrogens is 484 g/mol. The molecule has 0 saturated heterocycles. The Labute approximate surface area is 234 Å². The molecule has 0 N–H and O–H groups in total. The first kappa shape index (κ1) is 24.0. The van der Waals surface area contributed by atoms with Gasteiger partial charge < -0.3 is 0 Å². The highest BCUT2D eigenvalue weighted by Crippen LogP contribution is 2.40. The Bertz CT molecular complexity index is 1860. The van der Waals surface area contributed by atoms with E-state index in [0.717, 1.165) is 44.3 Å². The van der Waals surface area contributed by atoms with Crippen LogP contribution >= 0.6 is 0 Å². The third kappa shape index (κ3) is 4.15. The third-order valence-corrected chi connectivity index (χ3v) is 7.77. The SMILES string of the molecule is Cc1ccccc1-c1cc(-c2ccccc2)nc2c1ccc1c(-c3ccccc3C)cc(-c3ccccc3)nc12. The lowest BCUT2D eigenvalue weighted by Crippen LogP contribution is -1.96. The van der Waals surface area contributed by atoms with E-state index in [2.05, 4.69) is 135 Å². The van der Waals surface area contributed by atoms with Crippen LogP contribution in [0.5, 0.6) is 0 Å². The van der Waals surface area contributed by atoms with Crippen molar-refractivity contribution in [3.63, 3.8) is 0 Å². The molecule has 0 fully saturated rings. The average Bonchev–Trinajstić information content (AvgIpc) is 3.01. The molecule has 0 unspecified atom stereocenters. The molecule has 2 aromatic heterocycles. The molecule has 7 aromatic rings. The van der Waals surface area contributed by atoms with Crippen molar-refractivity contribution in [3.8, 4) is 44.8 Å². The van der Waals surface area contributed by atoms with Crippen LogP contribution in [0, 0.1) is 13.8 Å². The van der Waals surface area contributed by atoms with E-state index in [1.165, 1.54) is 33.4 Å². The zero-order valence-electron chi connectivity index (χ0n) is 22.6. The van der Waals surface area contributed by atoms with Gasteiger partial charge >= 0.3 is 0 Å². The van der Waals surface area contributed by atoms with Crippen molar-refractivity contribution < 1.29 is 0 Å². The van der Waals surface area contributed by atoms with Gasteiger partial charge in [-0.3, -0.25) is 0 Å². The van der Waals surface area contributed by atoms with Gasteiger partial charge in [-0.2, -0.15) is 0 Å². The molecule has 190 valence electrons. The van der Waals surface area contributed by atoms with Crippen LogP contribution in [0.25, 0.3) is 66.6 Å². The summed E-state index contributed by atoms with van der Waals surface area (Å²) in [6.45, 7) is 4.35.